The van der Waals surface area contributed by atoms with Crippen LogP contribution >= 0.6 is 0 Å². The second kappa shape index (κ2) is 7.26. The van der Waals surface area contributed by atoms with Crippen molar-refractivity contribution < 1.29 is 17.9 Å². The summed E-state index contributed by atoms with van der Waals surface area (Å²) >= 11 is 0. The van der Waals surface area contributed by atoms with E-state index in [1.165, 1.54) is 0 Å². The summed E-state index contributed by atoms with van der Waals surface area (Å²) in [7, 11) is -2.17. The van der Waals surface area contributed by atoms with Gasteiger partial charge in [-0.25, -0.2) is 13.1 Å². The van der Waals surface area contributed by atoms with Crippen LogP contribution in [0, 0.1) is 0 Å². The van der Waals surface area contributed by atoms with Gasteiger partial charge < -0.3 is 9.64 Å². The molecule has 1 aliphatic rings. The fourth-order valence-electron chi connectivity index (χ4n) is 3.44. The van der Waals surface area contributed by atoms with Crippen LogP contribution in [0.15, 0.2) is 71.6 Å². The number of ether oxygens (including phenoxy) is 1. The SMILES string of the molecule is COc1cccc(N2C[C@@H](NS(=O)(=O)c3ccc4ccccc4c3)CC2=O)c1. The van der Waals surface area contributed by atoms with Gasteiger partial charge in [-0.3, -0.25) is 4.79 Å². The molecule has 1 saturated heterocycles. The molecule has 1 N–H and O–H groups in total. The van der Waals surface area contributed by atoms with Crippen LogP contribution in [-0.4, -0.2) is 34.0 Å². The smallest absolute Gasteiger partial charge is 0.240 e. The van der Waals surface area contributed by atoms with Crippen LogP contribution in [0.3, 0.4) is 0 Å². The zero-order valence-corrected chi connectivity index (χ0v) is 16.1. The molecule has 0 radical (unpaired) electrons. The summed E-state index contributed by atoms with van der Waals surface area (Å²) < 4.78 is 33.5. The lowest BCUT2D eigenvalue weighted by molar-refractivity contribution is -0.117. The molecule has 3 aromatic carbocycles. The number of fused-ring (bicyclic) bond motifs is 1. The Morgan fingerprint density at radius 1 is 1.00 bits per heavy atom. The van der Waals surface area contributed by atoms with Gasteiger partial charge in [0.25, 0.3) is 0 Å². The third-order valence-corrected chi connectivity index (χ3v) is 6.36. The number of carbonyl (C=O) groups excluding carboxylic acids is 1. The van der Waals surface area contributed by atoms with E-state index in [1.807, 2.05) is 24.3 Å². The number of amides is 1. The third kappa shape index (κ3) is 3.58. The fourth-order valence-corrected chi connectivity index (χ4v) is 4.70. The molecule has 0 saturated carbocycles. The second-order valence-corrected chi connectivity index (χ2v) is 8.45. The molecule has 0 aliphatic carbocycles. The molecule has 0 bridgehead atoms. The molecule has 0 spiro atoms. The number of sulfonamides is 1. The van der Waals surface area contributed by atoms with Gasteiger partial charge in [-0.2, -0.15) is 0 Å². The molecule has 6 nitrogen and oxygen atoms in total. The first-order chi connectivity index (χ1) is 13.5. The number of nitrogens with zero attached hydrogens (tertiary/aromatic N) is 1. The summed E-state index contributed by atoms with van der Waals surface area (Å²) in [5.41, 5.74) is 0.691. The summed E-state index contributed by atoms with van der Waals surface area (Å²) in [5, 5.41) is 1.83. The number of carbonyl (C=O) groups is 1. The number of hydrogen-bond donors (Lipinski definition) is 1. The molecule has 1 heterocycles. The summed E-state index contributed by atoms with van der Waals surface area (Å²) in [6.45, 7) is 0.277. The molecule has 0 aromatic heterocycles. The Morgan fingerprint density at radius 3 is 2.57 bits per heavy atom. The Kier molecular flexibility index (Phi) is 4.78. The van der Waals surface area contributed by atoms with Crippen LogP contribution in [0.1, 0.15) is 6.42 Å². The van der Waals surface area contributed by atoms with E-state index in [9.17, 15) is 13.2 Å². The largest absolute Gasteiger partial charge is 0.497 e. The van der Waals surface area contributed by atoms with Gasteiger partial charge in [-0.05, 0) is 35.0 Å². The molecule has 1 fully saturated rings. The minimum Gasteiger partial charge on any atom is -0.497 e. The minimum absolute atomic E-state index is 0.115. The fraction of sp³-hybridized carbons (Fsp3) is 0.190. The van der Waals surface area contributed by atoms with Gasteiger partial charge in [0.1, 0.15) is 5.75 Å². The molecule has 3 aromatic rings. The van der Waals surface area contributed by atoms with Crippen LogP contribution in [-0.2, 0) is 14.8 Å². The van der Waals surface area contributed by atoms with Crippen molar-refractivity contribution in [2.45, 2.75) is 17.4 Å². The van der Waals surface area contributed by atoms with E-state index in [0.717, 1.165) is 10.8 Å². The van der Waals surface area contributed by atoms with Crippen molar-refractivity contribution in [1.82, 2.24) is 4.72 Å². The zero-order valence-electron chi connectivity index (χ0n) is 15.3. The number of benzene rings is 3. The number of hydrogen-bond acceptors (Lipinski definition) is 4. The average molecular weight is 396 g/mol. The molecule has 1 atom stereocenters. The van der Waals surface area contributed by atoms with Gasteiger partial charge in [0.15, 0.2) is 0 Å². The molecule has 28 heavy (non-hydrogen) atoms. The van der Waals surface area contributed by atoms with E-state index in [2.05, 4.69) is 4.72 Å². The van der Waals surface area contributed by atoms with E-state index in [4.69, 9.17) is 4.74 Å². The van der Waals surface area contributed by atoms with Crippen LogP contribution in [0.5, 0.6) is 5.75 Å². The van der Waals surface area contributed by atoms with Crippen molar-refractivity contribution in [3.05, 3.63) is 66.7 Å². The van der Waals surface area contributed by atoms with E-state index in [-0.39, 0.29) is 23.8 Å². The Labute approximate surface area is 163 Å². The summed E-state index contributed by atoms with van der Waals surface area (Å²) in [4.78, 5) is 14.2. The van der Waals surface area contributed by atoms with Gasteiger partial charge in [0.2, 0.25) is 15.9 Å². The zero-order chi connectivity index (χ0) is 19.7. The number of methoxy groups -OCH3 is 1. The van der Waals surface area contributed by atoms with Gasteiger partial charge in [-0.15, -0.1) is 0 Å². The first-order valence-corrected chi connectivity index (χ1v) is 10.4. The van der Waals surface area contributed by atoms with Crippen LogP contribution in [0.2, 0.25) is 0 Å². The molecule has 0 unspecified atom stereocenters. The Bertz CT molecular complexity index is 1140. The Hall–Kier alpha value is -2.90. The van der Waals surface area contributed by atoms with Crippen LogP contribution < -0.4 is 14.4 Å². The highest BCUT2D eigenvalue weighted by Crippen LogP contribution is 2.26. The van der Waals surface area contributed by atoms with Gasteiger partial charge in [0, 0.05) is 30.8 Å². The van der Waals surface area contributed by atoms with Crippen molar-refractivity contribution in [2.24, 2.45) is 0 Å². The van der Waals surface area contributed by atoms with Crippen LogP contribution in [0.25, 0.3) is 10.8 Å². The Balaban J connectivity index is 1.54. The molecule has 1 aliphatic heterocycles. The maximum absolute atomic E-state index is 12.8. The minimum atomic E-state index is -3.73. The lowest BCUT2D eigenvalue weighted by Gasteiger charge is -2.18. The van der Waals surface area contributed by atoms with Crippen molar-refractivity contribution in [1.29, 1.82) is 0 Å². The highest BCUT2D eigenvalue weighted by Gasteiger charge is 2.33. The summed E-state index contributed by atoms with van der Waals surface area (Å²) in [5.74, 6) is 0.518. The topological polar surface area (TPSA) is 75.7 Å². The lowest BCUT2D eigenvalue weighted by atomic mass is 10.1. The van der Waals surface area contributed by atoms with Crippen molar-refractivity contribution in [2.75, 3.05) is 18.6 Å². The molecule has 7 heteroatoms. The maximum atomic E-state index is 12.8. The maximum Gasteiger partial charge on any atom is 0.240 e. The van der Waals surface area contributed by atoms with E-state index in [0.29, 0.717) is 11.4 Å². The monoisotopic (exact) mass is 396 g/mol. The van der Waals surface area contributed by atoms with Gasteiger partial charge in [0.05, 0.1) is 12.0 Å². The predicted molar refractivity (Wildman–Crippen MR) is 108 cm³/mol. The first kappa shape index (κ1) is 18.5. The van der Waals surface area contributed by atoms with Crippen LogP contribution in [0.4, 0.5) is 5.69 Å². The normalized spacial score (nSPS) is 17.2. The van der Waals surface area contributed by atoms with E-state index < -0.39 is 16.1 Å². The highest BCUT2D eigenvalue weighted by atomic mass is 32.2. The average Bonchev–Trinajstić information content (AvgIpc) is 3.07. The van der Waals surface area contributed by atoms with Gasteiger partial charge in [-0.1, -0.05) is 36.4 Å². The predicted octanol–water partition coefficient (Wildman–Crippen LogP) is 2.93. The third-order valence-electron chi connectivity index (χ3n) is 4.84. The van der Waals surface area contributed by atoms with E-state index >= 15 is 0 Å². The number of nitrogens with one attached hydrogen (secondary N) is 1. The quantitative estimate of drug-likeness (QED) is 0.720. The molecule has 1 amide bonds. The molecule has 144 valence electrons. The molecule has 4 rings (SSSR count). The summed E-state index contributed by atoms with van der Waals surface area (Å²) in [6.07, 6.45) is 0.115. The lowest BCUT2D eigenvalue weighted by Crippen LogP contribution is -2.37. The first-order valence-electron chi connectivity index (χ1n) is 8.92. The standard InChI is InChI=1S/C21H20N2O4S/c1-27-19-8-4-7-18(13-19)23-14-17(12-21(23)24)22-28(25,26)20-10-9-15-5-2-3-6-16(15)11-20/h2-11,13,17,22H,12,14H2,1H3/t17-/m0/s1. The van der Waals surface area contributed by atoms with Crippen molar-refractivity contribution in [3.63, 3.8) is 0 Å². The highest BCUT2D eigenvalue weighted by molar-refractivity contribution is 7.89. The summed E-state index contributed by atoms with van der Waals surface area (Å²) in [6, 6.07) is 19.3. The molecular formula is C21H20N2O4S. The van der Waals surface area contributed by atoms with Gasteiger partial charge >= 0.3 is 0 Å². The number of rotatable bonds is 5. The van der Waals surface area contributed by atoms with Crippen molar-refractivity contribution >= 4 is 32.4 Å². The van der Waals surface area contributed by atoms with Crippen molar-refractivity contribution in [3.8, 4) is 5.75 Å². The second-order valence-electron chi connectivity index (χ2n) is 6.74. The van der Waals surface area contributed by atoms with E-state index in [1.54, 1.807) is 54.5 Å². The molecular weight excluding hydrogens is 376 g/mol. The Morgan fingerprint density at radius 2 is 1.79 bits per heavy atom. The number of anilines is 1.